The summed E-state index contributed by atoms with van der Waals surface area (Å²) in [4.78, 5) is 19.8. The molecule has 0 atom stereocenters. The van der Waals surface area contributed by atoms with Gasteiger partial charge >= 0.3 is 0 Å². The molecule has 0 radical (unpaired) electrons. The van der Waals surface area contributed by atoms with Crippen LogP contribution < -0.4 is 4.74 Å². The zero-order chi connectivity index (χ0) is 17.7. The largest absolute Gasteiger partial charge is 0.480 e. The van der Waals surface area contributed by atoms with Gasteiger partial charge in [-0.3, -0.25) is 9.89 Å². The Morgan fingerprint density at radius 1 is 1.23 bits per heavy atom. The molecule has 6 nitrogen and oxygen atoms in total. The van der Waals surface area contributed by atoms with Crippen LogP contribution >= 0.6 is 0 Å². The molecular weight excluding hydrogens is 328 g/mol. The summed E-state index contributed by atoms with van der Waals surface area (Å²) in [5, 5.41) is 7.76. The number of carbonyl (C=O) groups excluding carboxylic acids is 1. The Balaban J connectivity index is 1.40. The molecule has 1 amide bonds. The summed E-state index contributed by atoms with van der Waals surface area (Å²) in [6.45, 7) is 1.43. The molecule has 1 N–H and O–H groups in total. The maximum absolute atomic E-state index is 13.2. The van der Waals surface area contributed by atoms with Crippen LogP contribution in [0.3, 0.4) is 0 Å². The third-order valence-electron chi connectivity index (χ3n) is 5.94. The van der Waals surface area contributed by atoms with Crippen molar-refractivity contribution >= 4 is 5.91 Å². The van der Waals surface area contributed by atoms with Gasteiger partial charge in [-0.1, -0.05) is 0 Å². The van der Waals surface area contributed by atoms with Gasteiger partial charge in [0, 0.05) is 36.8 Å². The van der Waals surface area contributed by atoms with E-state index in [1.807, 2.05) is 11.0 Å². The van der Waals surface area contributed by atoms with E-state index in [0.717, 1.165) is 44.3 Å². The Labute approximate surface area is 153 Å². The smallest absolute Gasteiger partial charge is 0.259 e. The van der Waals surface area contributed by atoms with Crippen LogP contribution in [-0.4, -0.2) is 46.2 Å². The topological polar surface area (TPSA) is 71.1 Å². The number of nitrogens with one attached hydrogen (secondary N) is 1. The lowest BCUT2D eigenvalue weighted by Gasteiger charge is -2.21. The van der Waals surface area contributed by atoms with Crippen molar-refractivity contribution in [2.24, 2.45) is 0 Å². The average Bonchev–Trinajstić information content (AvgIpc) is 3.33. The number of amides is 1. The zero-order valence-corrected chi connectivity index (χ0v) is 15.2. The summed E-state index contributed by atoms with van der Waals surface area (Å²) >= 11 is 0. The summed E-state index contributed by atoms with van der Waals surface area (Å²) in [5.41, 5.74) is 6.70. The molecule has 1 fully saturated rings. The number of fused-ring (bicyclic) bond motifs is 2. The van der Waals surface area contributed by atoms with Gasteiger partial charge < -0.3 is 9.64 Å². The Bertz CT molecular complexity index is 869. The summed E-state index contributed by atoms with van der Waals surface area (Å²) in [6.07, 6.45) is 7.31. The number of nitrogens with zero attached hydrogens (tertiary/aromatic N) is 3. The van der Waals surface area contributed by atoms with Crippen molar-refractivity contribution < 1.29 is 9.53 Å². The van der Waals surface area contributed by atoms with E-state index in [1.165, 1.54) is 35.4 Å². The molecule has 1 saturated carbocycles. The SMILES string of the molecule is COc1nc2c(cc1C(=O)N1CCc3[nH]nc(C4CC4)c3CC1)CCC2. The molecule has 0 saturated heterocycles. The Morgan fingerprint density at radius 3 is 2.88 bits per heavy atom. The number of methoxy groups -OCH3 is 1. The Kier molecular flexibility index (Phi) is 3.72. The Hall–Kier alpha value is -2.37. The number of pyridine rings is 1. The lowest BCUT2D eigenvalue weighted by Crippen LogP contribution is -2.34. The first-order valence-corrected chi connectivity index (χ1v) is 9.66. The van der Waals surface area contributed by atoms with Crippen LogP contribution in [0.15, 0.2) is 6.07 Å². The minimum Gasteiger partial charge on any atom is -0.480 e. The van der Waals surface area contributed by atoms with Gasteiger partial charge in [-0.25, -0.2) is 4.98 Å². The van der Waals surface area contributed by atoms with Crippen molar-refractivity contribution in [1.29, 1.82) is 0 Å². The van der Waals surface area contributed by atoms with E-state index < -0.39 is 0 Å². The van der Waals surface area contributed by atoms with Crippen molar-refractivity contribution in [3.8, 4) is 5.88 Å². The average molecular weight is 352 g/mol. The maximum Gasteiger partial charge on any atom is 0.259 e. The molecule has 2 aromatic heterocycles. The van der Waals surface area contributed by atoms with Crippen LogP contribution in [0, 0.1) is 0 Å². The van der Waals surface area contributed by atoms with Crippen LogP contribution in [-0.2, 0) is 25.7 Å². The van der Waals surface area contributed by atoms with Crippen LogP contribution in [0.1, 0.15) is 63.7 Å². The maximum atomic E-state index is 13.2. The van der Waals surface area contributed by atoms with Crippen LogP contribution in [0.5, 0.6) is 5.88 Å². The highest BCUT2D eigenvalue weighted by atomic mass is 16.5. The minimum atomic E-state index is 0.0372. The van der Waals surface area contributed by atoms with Gasteiger partial charge in [-0.2, -0.15) is 5.10 Å². The normalized spacial score (nSPS) is 19.0. The summed E-state index contributed by atoms with van der Waals surface area (Å²) in [5.74, 6) is 1.15. The lowest BCUT2D eigenvalue weighted by molar-refractivity contribution is 0.0758. The van der Waals surface area contributed by atoms with Crippen LogP contribution in [0.4, 0.5) is 0 Å². The second-order valence-electron chi connectivity index (χ2n) is 7.64. The molecule has 2 aromatic rings. The van der Waals surface area contributed by atoms with Crippen LogP contribution in [0.2, 0.25) is 0 Å². The van der Waals surface area contributed by atoms with Gasteiger partial charge in [0.05, 0.1) is 12.8 Å². The van der Waals surface area contributed by atoms with Crippen molar-refractivity contribution in [2.45, 2.75) is 50.9 Å². The number of aryl methyl sites for hydroxylation is 2. The third-order valence-corrected chi connectivity index (χ3v) is 5.94. The second kappa shape index (κ2) is 6.11. The number of ether oxygens (including phenoxy) is 1. The molecule has 0 unspecified atom stereocenters. The number of H-pyrrole nitrogens is 1. The first kappa shape index (κ1) is 15.9. The molecule has 136 valence electrons. The number of aromatic nitrogens is 3. The first-order chi connectivity index (χ1) is 12.7. The van der Waals surface area contributed by atoms with E-state index in [4.69, 9.17) is 4.74 Å². The molecule has 0 spiro atoms. The number of aromatic amines is 1. The van der Waals surface area contributed by atoms with E-state index in [1.54, 1.807) is 7.11 Å². The van der Waals surface area contributed by atoms with Gasteiger partial charge in [0.1, 0.15) is 5.56 Å². The van der Waals surface area contributed by atoms with Crippen molar-refractivity contribution in [2.75, 3.05) is 20.2 Å². The standard InChI is InChI=1S/C20H24N4O2/c1-26-19-15(11-13-3-2-4-16(13)21-19)20(25)24-9-7-14-17(8-10-24)22-23-18(14)12-5-6-12/h11-12H,2-10H2,1H3,(H,22,23). The van der Waals surface area contributed by atoms with E-state index in [9.17, 15) is 4.79 Å². The summed E-state index contributed by atoms with van der Waals surface area (Å²) in [7, 11) is 1.60. The van der Waals surface area contributed by atoms with Gasteiger partial charge in [0.2, 0.25) is 5.88 Å². The fraction of sp³-hybridized carbons (Fsp3) is 0.550. The molecule has 6 heteroatoms. The summed E-state index contributed by atoms with van der Waals surface area (Å²) < 4.78 is 5.44. The molecule has 3 aliphatic rings. The number of carbonyl (C=O) groups is 1. The zero-order valence-electron chi connectivity index (χ0n) is 15.2. The molecule has 3 heterocycles. The number of hydrogen-bond donors (Lipinski definition) is 1. The first-order valence-electron chi connectivity index (χ1n) is 9.66. The molecule has 0 aromatic carbocycles. The fourth-order valence-electron chi connectivity index (χ4n) is 4.34. The molecule has 5 rings (SSSR count). The highest BCUT2D eigenvalue weighted by molar-refractivity contribution is 5.96. The summed E-state index contributed by atoms with van der Waals surface area (Å²) in [6, 6.07) is 2.01. The van der Waals surface area contributed by atoms with E-state index in [2.05, 4.69) is 15.2 Å². The predicted octanol–water partition coefficient (Wildman–Crippen LogP) is 2.42. The van der Waals surface area contributed by atoms with E-state index >= 15 is 0 Å². The highest BCUT2D eigenvalue weighted by Crippen LogP contribution is 2.41. The molecule has 0 bridgehead atoms. The molecule has 1 aliphatic heterocycles. The molecule has 26 heavy (non-hydrogen) atoms. The molecule has 2 aliphatic carbocycles. The monoisotopic (exact) mass is 352 g/mol. The second-order valence-corrected chi connectivity index (χ2v) is 7.64. The van der Waals surface area contributed by atoms with Crippen molar-refractivity contribution in [3.63, 3.8) is 0 Å². The number of rotatable bonds is 3. The quantitative estimate of drug-likeness (QED) is 0.921. The highest BCUT2D eigenvalue weighted by Gasteiger charge is 2.32. The predicted molar refractivity (Wildman–Crippen MR) is 96.7 cm³/mol. The third kappa shape index (κ3) is 2.59. The number of hydrogen-bond acceptors (Lipinski definition) is 4. The Morgan fingerprint density at radius 2 is 2.08 bits per heavy atom. The van der Waals surface area contributed by atoms with Gasteiger partial charge in [0.15, 0.2) is 0 Å². The molecular formula is C20H24N4O2. The van der Waals surface area contributed by atoms with Crippen molar-refractivity contribution in [1.82, 2.24) is 20.1 Å². The van der Waals surface area contributed by atoms with Gasteiger partial charge in [0.25, 0.3) is 5.91 Å². The van der Waals surface area contributed by atoms with Crippen molar-refractivity contribution in [3.05, 3.63) is 39.8 Å². The van der Waals surface area contributed by atoms with E-state index in [0.29, 0.717) is 23.9 Å². The van der Waals surface area contributed by atoms with Crippen LogP contribution in [0.25, 0.3) is 0 Å². The van der Waals surface area contributed by atoms with Gasteiger partial charge in [-0.05, 0) is 55.7 Å². The minimum absolute atomic E-state index is 0.0372. The van der Waals surface area contributed by atoms with Gasteiger partial charge in [-0.15, -0.1) is 0 Å². The fourth-order valence-corrected chi connectivity index (χ4v) is 4.34. The lowest BCUT2D eigenvalue weighted by atomic mass is 10.1. The van der Waals surface area contributed by atoms with E-state index in [-0.39, 0.29) is 5.91 Å².